The molecular weight excluding hydrogens is 242 g/mol. The number of rotatable bonds is 12. The first kappa shape index (κ1) is 21.3. The van der Waals surface area contributed by atoms with Crippen molar-refractivity contribution in [3.8, 4) is 0 Å². The van der Waals surface area contributed by atoms with Gasteiger partial charge in [0, 0.05) is 12.2 Å². The summed E-state index contributed by atoms with van der Waals surface area (Å²) in [4.78, 5) is 0. The molecule has 0 radical (unpaired) electrons. The standard InChI is InChI=1S/C17H31N.C2H6/c1-5-8-9-10-11-12-13-17(7-3)15-16(4)18-14-6-2;1-2/h7,11-12,17-18H,3-6,8-10,13-15H2,1-2H3;1-2H3/b12-11+;. The van der Waals surface area contributed by atoms with Crippen molar-refractivity contribution < 1.29 is 0 Å². The lowest BCUT2D eigenvalue weighted by Crippen LogP contribution is -2.15. The molecule has 0 bridgehead atoms. The van der Waals surface area contributed by atoms with Crippen LogP contribution in [-0.4, -0.2) is 6.54 Å². The van der Waals surface area contributed by atoms with Crippen molar-refractivity contribution in [2.75, 3.05) is 6.54 Å². The Labute approximate surface area is 128 Å². The van der Waals surface area contributed by atoms with Crippen molar-refractivity contribution in [3.05, 3.63) is 37.1 Å². The van der Waals surface area contributed by atoms with E-state index < -0.39 is 0 Å². The van der Waals surface area contributed by atoms with Crippen molar-refractivity contribution in [2.45, 2.75) is 72.6 Å². The summed E-state index contributed by atoms with van der Waals surface area (Å²) in [6.07, 6.45) is 15.1. The highest BCUT2D eigenvalue weighted by atomic mass is 14.9. The second-order valence-electron chi connectivity index (χ2n) is 4.93. The fourth-order valence-corrected chi connectivity index (χ4v) is 1.85. The predicted octanol–water partition coefficient (Wildman–Crippen LogP) is 6.24. The third-order valence-electron chi connectivity index (χ3n) is 3.05. The zero-order chi connectivity index (χ0) is 15.6. The highest BCUT2D eigenvalue weighted by molar-refractivity contribution is 4.99. The van der Waals surface area contributed by atoms with E-state index in [-0.39, 0.29) is 0 Å². The zero-order valence-corrected chi connectivity index (χ0v) is 14.4. The van der Waals surface area contributed by atoms with Gasteiger partial charge in [0.2, 0.25) is 0 Å². The molecule has 0 aliphatic carbocycles. The summed E-state index contributed by atoms with van der Waals surface area (Å²) < 4.78 is 0. The summed E-state index contributed by atoms with van der Waals surface area (Å²) in [7, 11) is 0. The quantitative estimate of drug-likeness (QED) is 0.329. The maximum Gasteiger partial charge on any atom is 0.0141 e. The lowest BCUT2D eigenvalue weighted by molar-refractivity contribution is 0.610. The van der Waals surface area contributed by atoms with Crippen LogP contribution in [0.5, 0.6) is 0 Å². The van der Waals surface area contributed by atoms with Gasteiger partial charge < -0.3 is 5.32 Å². The van der Waals surface area contributed by atoms with Gasteiger partial charge in [0.05, 0.1) is 0 Å². The first-order valence-corrected chi connectivity index (χ1v) is 8.43. The first-order valence-electron chi connectivity index (χ1n) is 8.43. The van der Waals surface area contributed by atoms with E-state index >= 15 is 0 Å². The Morgan fingerprint density at radius 2 is 1.80 bits per heavy atom. The van der Waals surface area contributed by atoms with Crippen molar-refractivity contribution >= 4 is 0 Å². The van der Waals surface area contributed by atoms with Gasteiger partial charge in [-0.2, -0.15) is 0 Å². The minimum Gasteiger partial charge on any atom is -0.389 e. The van der Waals surface area contributed by atoms with Gasteiger partial charge in [-0.1, -0.05) is 65.3 Å². The highest BCUT2D eigenvalue weighted by Crippen LogP contribution is 2.15. The molecule has 0 aliphatic heterocycles. The van der Waals surface area contributed by atoms with E-state index in [1.165, 1.54) is 25.7 Å². The number of nitrogens with one attached hydrogen (secondary N) is 1. The van der Waals surface area contributed by atoms with E-state index in [1.54, 1.807) is 0 Å². The van der Waals surface area contributed by atoms with E-state index in [0.29, 0.717) is 5.92 Å². The largest absolute Gasteiger partial charge is 0.389 e. The second-order valence-corrected chi connectivity index (χ2v) is 4.93. The molecule has 0 fully saturated rings. The molecular formula is C19H37N. The molecule has 0 heterocycles. The van der Waals surface area contributed by atoms with Gasteiger partial charge in [-0.25, -0.2) is 0 Å². The van der Waals surface area contributed by atoms with Crippen LogP contribution in [0.1, 0.15) is 72.6 Å². The number of hydrogen-bond donors (Lipinski definition) is 1. The molecule has 0 aromatic carbocycles. The van der Waals surface area contributed by atoms with Gasteiger partial charge >= 0.3 is 0 Å². The summed E-state index contributed by atoms with van der Waals surface area (Å²) in [5.74, 6) is 0.518. The molecule has 0 saturated heterocycles. The van der Waals surface area contributed by atoms with Crippen molar-refractivity contribution in [2.24, 2.45) is 5.92 Å². The molecule has 1 N–H and O–H groups in total. The van der Waals surface area contributed by atoms with E-state index in [1.807, 2.05) is 13.8 Å². The molecule has 20 heavy (non-hydrogen) atoms. The normalized spacial score (nSPS) is 11.6. The SMILES string of the molecule is C=CC(C/C=C/CCCCC)CC(=C)NCCC.CC. The van der Waals surface area contributed by atoms with Crippen molar-refractivity contribution in [3.63, 3.8) is 0 Å². The molecule has 0 aromatic heterocycles. The topological polar surface area (TPSA) is 12.0 Å². The third kappa shape index (κ3) is 15.1. The average Bonchev–Trinajstić information content (AvgIpc) is 2.49. The minimum absolute atomic E-state index is 0.518. The van der Waals surface area contributed by atoms with Crippen LogP contribution in [0.4, 0.5) is 0 Å². The highest BCUT2D eigenvalue weighted by Gasteiger charge is 2.03. The van der Waals surface area contributed by atoms with Crippen LogP contribution in [0.3, 0.4) is 0 Å². The Balaban J connectivity index is 0. The summed E-state index contributed by atoms with van der Waals surface area (Å²) in [5, 5.41) is 3.35. The van der Waals surface area contributed by atoms with E-state index in [9.17, 15) is 0 Å². The Hall–Kier alpha value is -0.980. The first-order chi connectivity index (χ1) is 9.74. The molecule has 1 unspecified atom stereocenters. The van der Waals surface area contributed by atoms with Crippen LogP contribution in [0.15, 0.2) is 37.1 Å². The van der Waals surface area contributed by atoms with E-state index in [2.05, 4.69) is 50.6 Å². The molecule has 1 atom stereocenters. The summed E-state index contributed by atoms with van der Waals surface area (Å²) >= 11 is 0. The predicted molar refractivity (Wildman–Crippen MR) is 95.0 cm³/mol. The van der Waals surface area contributed by atoms with Gasteiger partial charge in [0.1, 0.15) is 0 Å². The van der Waals surface area contributed by atoms with E-state index in [0.717, 1.165) is 31.5 Å². The van der Waals surface area contributed by atoms with E-state index in [4.69, 9.17) is 0 Å². The van der Waals surface area contributed by atoms with Gasteiger partial charge in [0.25, 0.3) is 0 Å². The fraction of sp³-hybridized carbons (Fsp3) is 0.684. The van der Waals surface area contributed by atoms with Crippen LogP contribution in [-0.2, 0) is 0 Å². The number of unbranched alkanes of at least 4 members (excludes halogenated alkanes) is 3. The Bertz CT molecular complexity index is 240. The van der Waals surface area contributed by atoms with Crippen molar-refractivity contribution in [1.29, 1.82) is 0 Å². The zero-order valence-electron chi connectivity index (χ0n) is 14.4. The molecule has 0 aromatic rings. The maximum absolute atomic E-state index is 4.07. The van der Waals surface area contributed by atoms with Gasteiger partial charge in [0.15, 0.2) is 0 Å². The van der Waals surface area contributed by atoms with Crippen LogP contribution in [0.25, 0.3) is 0 Å². The summed E-state index contributed by atoms with van der Waals surface area (Å²) in [6, 6.07) is 0. The van der Waals surface area contributed by atoms with Crippen LogP contribution < -0.4 is 5.32 Å². The fourth-order valence-electron chi connectivity index (χ4n) is 1.85. The molecule has 0 saturated carbocycles. The summed E-state index contributed by atoms with van der Waals surface area (Å²) in [5.41, 5.74) is 1.14. The van der Waals surface area contributed by atoms with Crippen LogP contribution in [0.2, 0.25) is 0 Å². The molecule has 0 spiro atoms. The molecule has 0 rings (SSSR count). The molecule has 118 valence electrons. The Morgan fingerprint density at radius 3 is 2.35 bits per heavy atom. The molecule has 0 aliphatic rings. The lowest BCUT2D eigenvalue weighted by Gasteiger charge is -2.13. The molecule has 1 heteroatoms. The molecule has 0 amide bonds. The maximum atomic E-state index is 4.07. The smallest absolute Gasteiger partial charge is 0.0141 e. The number of hydrogen-bond acceptors (Lipinski definition) is 1. The average molecular weight is 280 g/mol. The van der Waals surface area contributed by atoms with Crippen LogP contribution >= 0.6 is 0 Å². The Morgan fingerprint density at radius 1 is 1.10 bits per heavy atom. The number of allylic oxidation sites excluding steroid dienone is 4. The van der Waals surface area contributed by atoms with Crippen molar-refractivity contribution in [1.82, 2.24) is 5.32 Å². The molecule has 1 nitrogen and oxygen atoms in total. The third-order valence-corrected chi connectivity index (χ3v) is 3.05. The van der Waals surface area contributed by atoms with Gasteiger partial charge in [-0.05, 0) is 38.0 Å². The second kappa shape index (κ2) is 18.0. The Kier molecular flexibility index (Phi) is 19.2. The van der Waals surface area contributed by atoms with Gasteiger partial charge in [-0.3, -0.25) is 0 Å². The minimum atomic E-state index is 0.518. The van der Waals surface area contributed by atoms with Gasteiger partial charge in [-0.15, -0.1) is 6.58 Å². The van der Waals surface area contributed by atoms with Crippen LogP contribution in [0, 0.1) is 5.92 Å². The lowest BCUT2D eigenvalue weighted by atomic mass is 9.99. The monoisotopic (exact) mass is 279 g/mol. The summed E-state index contributed by atoms with van der Waals surface area (Å²) in [6.45, 7) is 17.4.